The average Bonchev–Trinajstić information content (AvgIpc) is 3.82. The molecule has 2 aromatic heterocycles. The van der Waals surface area contributed by atoms with Crippen LogP contribution in [0.3, 0.4) is 0 Å². The first-order chi connectivity index (χ1) is 29.1. The van der Waals surface area contributed by atoms with Crippen LogP contribution >= 0.6 is 0 Å². The summed E-state index contributed by atoms with van der Waals surface area (Å²) < 4.78 is 2.19. The molecule has 1 aliphatic rings. The van der Waals surface area contributed by atoms with Crippen LogP contribution < -0.4 is 4.90 Å². The van der Waals surface area contributed by atoms with Crippen molar-refractivity contribution in [3.05, 3.63) is 223 Å². The van der Waals surface area contributed by atoms with Crippen molar-refractivity contribution >= 4 is 33.4 Å². The number of pyridine rings is 1. The van der Waals surface area contributed by atoms with E-state index in [0.29, 0.717) is 0 Å². The highest BCUT2D eigenvalue weighted by Crippen LogP contribution is 2.55. The van der Waals surface area contributed by atoms with Crippen LogP contribution in [-0.4, -0.2) is 9.61 Å². The van der Waals surface area contributed by atoms with Gasteiger partial charge in [-0.1, -0.05) is 196 Å². The Kier molecular flexibility index (Phi) is 8.16. The van der Waals surface area contributed by atoms with Crippen LogP contribution in [-0.2, 0) is 5.41 Å². The van der Waals surface area contributed by atoms with E-state index in [1.807, 2.05) is 0 Å². The van der Waals surface area contributed by atoms with Gasteiger partial charge < -0.3 is 4.90 Å². The number of benzene rings is 8. The van der Waals surface area contributed by atoms with Gasteiger partial charge in [-0.3, -0.25) is 0 Å². The molecule has 59 heavy (non-hydrogen) atoms. The Morgan fingerprint density at radius 1 is 0.424 bits per heavy atom. The molecule has 280 valence electrons. The highest BCUT2D eigenvalue weighted by atomic mass is 15.2. The lowest BCUT2D eigenvalue weighted by Crippen LogP contribution is -2.16. The lowest BCUT2D eigenvalue weighted by atomic mass is 9.82. The van der Waals surface area contributed by atoms with Crippen LogP contribution in [0.15, 0.2) is 212 Å². The van der Waals surface area contributed by atoms with Crippen molar-refractivity contribution in [2.24, 2.45) is 0 Å². The summed E-state index contributed by atoms with van der Waals surface area (Å²) in [7, 11) is 0. The van der Waals surface area contributed by atoms with E-state index < -0.39 is 0 Å². The summed E-state index contributed by atoms with van der Waals surface area (Å²) in [5.41, 5.74) is 18.3. The topological polar surface area (TPSA) is 20.5 Å². The molecule has 0 amide bonds. The highest BCUT2D eigenvalue weighted by Gasteiger charge is 2.38. The smallest absolute Gasteiger partial charge is 0.101 e. The molecule has 11 rings (SSSR count). The molecule has 1 aliphatic carbocycles. The Morgan fingerprint density at radius 2 is 0.983 bits per heavy atom. The molecular formula is C56H41N3. The second kappa shape index (κ2) is 13.9. The first-order valence-corrected chi connectivity index (χ1v) is 20.4. The summed E-state index contributed by atoms with van der Waals surface area (Å²) in [6.07, 6.45) is 0. The zero-order valence-corrected chi connectivity index (χ0v) is 33.0. The van der Waals surface area contributed by atoms with Crippen molar-refractivity contribution in [1.29, 1.82) is 0 Å². The minimum absolute atomic E-state index is 0.152. The molecule has 2 heterocycles. The quantitative estimate of drug-likeness (QED) is 0.161. The van der Waals surface area contributed by atoms with Crippen molar-refractivity contribution in [2.75, 3.05) is 4.90 Å². The molecule has 0 aliphatic heterocycles. The first kappa shape index (κ1) is 34.7. The van der Waals surface area contributed by atoms with Crippen molar-refractivity contribution < 1.29 is 0 Å². The minimum Gasteiger partial charge on any atom is -0.309 e. The predicted octanol–water partition coefficient (Wildman–Crippen LogP) is 14.9. The molecule has 0 spiro atoms. The van der Waals surface area contributed by atoms with Gasteiger partial charge in [-0.05, 0) is 63.7 Å². The SMILES string of the molecule is CC1(C)c2ccccc2-c2c(N(c3cccc(-c4ccccc4)c3)c3cccc4c3cc(-c3ccccc3)n3nc(-c5ccccc5)c(-c5ccccc5)c43)cccc21. The molecule has 3 heteroatoms. The number of rotatable bonds is 7. The summed E-state index contributed by atoms with van der Waals surface area (Å²) in [5.74, 6) is 0. The molecule has 8 aromatic carbocycles. The fourth-order valence-electron chi connectivity index (χ4n) is 9.42. The number of aromatic nitrogens is 2. The Labute approximate surface area is 345 Å². The largest absolute Gasteiger partial charge is 0.309 e. The Bertz CT molecular complexity index is 3170. The highest BCUT2D eigenvalue weighted by molar-refractivity contribution is 6.14. The third-order valence-corrected chi connectivity index (χ3v) is 12.2. The van der Waals surface area contributed by atoms with E-state index >= 15 is 0 Å². The Hall–Kier alpha value is -7.49. The summed E-state index contributed by atoms with van der Waals surface area (Å²) in [5, 5.41) is 7.79. The van der Waals surface area contributed by atoms with E-state index in [4.69, 9.17) is 5.10 Å². The first-order valence-electron chi connectivity index (χ1n) is 20.4. The molecular weight excluding hydrogens is 715 g/mol. The van der Waals surface area contributed by atoms with Crippen LogP contribution in [0.5, 0.6) is 0 Å². The van der Waals surface area contributed by atoms with Crippen LogP contribution in [0.4, 0.5) is 17.1 Å². The molecule has 0 radical (unpaired) electrons. The lowest BCUT2D eigenvalue weighted by Gasteiger charge is -2.30. The number of nitrogens with zero attached hydrogens (tertiary/aromatic N) is 3. The predicted molar refractivity (Wildman–Crippen MR) is 247 cm³/mol. The van der Waals surface area contributed by atoms with E-state index in [0.717, 1.165) is 67.0 Å². The van der Waals surface area contributed by atoms with Gasteiger partial charge in [0.25, 0.3) is 0 Å². The number of fused-ring (bicyclic) bond motifs is 6. The van der Waals surface area contributed by atoms with Gasteiger partial charge >= 0.3 is 0 Å². The fourth-order valence-corrected chi connectivity index (χ4v) is 9.42. The van der Waals surface area contributed by atoms with E-state index in [-0.39, 0.29) is 5.41 Å². The van der Waals surface area contributed by atoms with Gasteiger partial charge in [0, 0.05) is 44.1 Å². The van der Waals surface area contributed by atoms with Crippen molar-refractivity contribution in [3.8, 4) is 55.9 Å². The second-order valence-corrected chi connectivity index (χ2v) is 16.0. The summed E-state index contributed by atoms with van der Waals surface area (Å²) in [4.78, 5) is 2.51. The molecule has 0 saturated carbocycles. The zero-order valence-electron chi connectivity index (χ0n) is 33.0. The van der Waals surface area contributed by atoms with Gasteiger partial charge in [-0.15, -0.1) is 0 Å². The zero-order chi connectivity index (χ0) is 39.5. The number of hydrogen-bond acceptors (Lipinski definition) is 2. The fraction of sp³-hybridized carbons (Fsp3) is 0.0536. The van der Waals surface area contributed by atoms with Crippen LogP contribution in [0.2, 0.25) is 0 Å². The molecule has 0 fully saturated rings. The summed E-state index contributed by atoms with van der Waals surface area (Å²) in [6, 6.07) is 76.7. The molecule has 0 bridgehead atoms. The third-order valence-electron chi connectivity index (χ3n) is 12.2. The van der Waals surface area contributed by atoms with Gasteiger partial charge in [0.15, 0.2) is 0 Å². The monoisotopic (exact) mass is 755 g/mol. The van der Waals surface area contributed by atoms with E-state index in [1.165, 1.54) is 33.4 Å². The molecule has 0 unspecified atom stereocenters. The molecule has 0 N–H and O–H groups in total. The van der Waals surface area contributed by atoms with Crippen LogP contribution in [0, 0.1) is 0 Å². The maximum atomic E-state index is 5.51. The number of hydrogen-bond donors (Lipinski definition) is 0. The third kappa shape index (κ3) is 5.61. The van der Waals surface area contributed by atoms with E-state index in [2.05, 4.69) is 236 Å². The van der Waals surface area contributed by atoms with Gasteiger partial charge in [0.05, 0.1) is 22.6 Å². The Morgan fingerprint density at radius 3 is 1.71 bits per heavy atom. The molecule has 0 saturated heterocycles. The van der Waals surface area contributed by atoms with Crippen LogP contribution in [0.1, 0.15) is 25.0 Å². The average molecular weight is 756 g/mol. The summed E-state index contributed by atoms with van der Waals surface area (Å²) >= 11 is 0. The second-order valence-electron chi connectivity index (χ2n) is 16.0. The molecule has 10 aromatic rings. The van der Waals surface area contributed by atoms with Crippen molar-refractivity contribution in [2.45, 2.75) is 19.3 Å². The van der Waals surface area contributed by atoms with Gasteiger partial charge in [0.2, 0.25) is 0 Å². The summed E-state index contributed by atoms with van der Waals surface area (Å²) in [6.45, 7) is 4.72. The Balaban J connectivity index is 1.28. The normalized spacial score (nSPS) is 12.7. The van der Waals surface area contributed by atoms with Gasteiger partial charge in [-0.25, -0.2) is 4.52 Å². The number of anilines is 3. The minimum atomic E-state index is -0.152. The molecule has 3 nitrogen and oxygen atoms in total. The van der Waals surface area contributed by atoms with Crippen molar-refractivity contribution in [1.82, 2.24) is 9.61 Å². The van der Waals surface area contributed by atoms with Gasteiger partial charge in [-0.2, -0.15) is 5.10 Å². The van der Waals surface area contributed by atoms with Crippen molar-refractivity contribution in [3.63, 3.8) is 0 Å². The molecule has 0 atom stereocenters. The van der Waals surface area contributed by atoms with Gasteiger partial charge in [0.1, 0.15) is 5.69 Å². The van der Waals surface area contributed by atoms with E-state index in [1.54, 1.807) is 0 Å². The lowest BCUT2D eigenvalue weighted by molar-refractivity contribution is 0.660. The maximum Gasteiger partial charge on any atom is 0.101 e. The van der Waals surface area contributed by atoms with Crippen LogP contribution in [0.25, 0.3) is 72.2 Å². The standard InChI is InChI=1S/C56H41N3/c1-56(2)47-32-16-15-30-45(47)53-48(56)33-19-35-50(53)58(43-29-17-28-42(36-43)38-20-7-3-8-21-38)49-34-18-31-44-46(49)37-51(39-22-9-4-10-23-39)59-55(44)52(40-24-11-5-12-25-40)54(57-59)41-26-13-6-14-27-41/h3-37H,1-2H3. The maximum absolute atomic E-state index is 5.51. The van der Waals surface area contributed by atoms with E-state index in [9.17, 15) is 0 Å².